The number of rotatable bonds is 5. The highest BCUT2D eigenvalue weighted by molar-refractivity contribution is 5.61. The van der Waals surface area contributed by atoms with E-state index in [0.29, 0.717) is 18.5 Å². The summed E-state index contributed by atoms with van der Waals surface area (Å²) in [4.78, 5) is 4.07. The molecule has 0 unspecified atom stereocenters. The molecule has 4 heteroatoms. The molecule has 110 valence electrons. The van der Waals surface area contributed by atoms with Crippen molar-refractivity contribution < 1.29 is 4.74 Å². The smallest absolute Gasteiger partial charge is 0.146 e. The van der Waals surface area contributed by atoms with Crippen LogP contribution in [0, 0.1) is 0 Å². The second kappa shape index (κ2) is 6.48. The Morgan fingerprint density at radius 3 is 2.86 bits per heavy atom. The number of benzene rings is 1. The maximum atomic E-state index is 6.03. The van der Waals surface area contributed by atoms with Gasteiger partial charge in [-0.15, -0.1) is 0 Å². The van der Waals surface area contributed by atoms with E-state index in [4.69, 9.17) is 10.5 Å². The molecule has 1 aromatic heterocycles. The van der Waals surface area contributed by atoms with E-state index in [0.717, 1.165) is 11.4 Å². The fourth-order valence-electron chi connectivity index (χ4n) is 2.69. The van der Waals surface area contributed by atoms with Gasteiger partial charge in [-0.1, -0.05) is 12.1 Å². The van der Waals surface area contributed by atoms with Crippen LogP contribution < -0.4 is 15.8 Å². The third kappa shape index (κ3) is 3.66. The average Bonchev–Trinajstić information content (AvgIpc) is 3.00. The van der Waals surface area contributed by atoms with Gasteiger partial charge in [0.15, 0.2) is 0 Å². The minimum Gasteiger partial charge on any atom is -0.490 e. The van der Waals surface area contributed by atoms with Crippen LogP contribution >= 0.6 is 0 Å². The number of pyridine rings is 1. The summed E-state index contributed by atoms with van der Waals surface area (Å²) in [5.41, 5.74) is 7.86. The largest absolute Gasteiger partial charge is 0.490 e. The molecule has 0 saturated heterocycles. The van der Waals surface area contributed by atoms with E-state index >= 15 is 0 Å². The molecule has 3 N–H and O–H groups in total. The van der Waals surface area contributed by atoms with Crippen LogP contribution in [0.5, 0.6) is 5.75 Å². The predicted molar refractivity (Wildman–Crippen MR) is 85.3 cm³/mol. The Hall–Kier alpha value is -2.23. The predicted octanol–water partition coefficient (Wildman–Crippen LogP) is 3.60. The number of nitrogen functional groups attached to an aromatic ring is 1. The van der Waals surface area contributed by atoms with Crippen LogP contribution in [0.25, 0.3) is 0 Å². The van der Waals surface area contributed by atoms with E-state index in [1.165, 1.54) is 31.2 Å². The number of aromatic nitrogens is 1. The summed E-state index contributed by atoms with van der Waals surface area (Å²) in [6.45, 7) is 0.706. The van der Waals surface area contributed by atoms with Gasteiger partial charge in [0, 0.05) is 12.7 Å². The van der Waals surface area contributed by atoms with Crippen molar-refractivity contribution in [2.75, 3.05) is 11.1 Å². The first-order chi connectivity index (χ1) is 10.3. The van der Waals surface area contributed by atoms with Gasteiger partial charge in [-0.3, -0.25) is 0 Å². The SMILES string of the molecule is Nc1ncccc1NCc1cccc(OC2CCCC2)c1. The van der Waals surface area contributed by atoms with Crippen molar-refractivity contribution >= 4 is 11.5 Å². The monoisotopic (exact) mass is 283 g/mol. The molecule has 1 heterocycles. The fourth-order valence-corrected chi connectivity index (χ4v) is 2.69. The van der Waals surface area contributed by atoms with Crippen molar-refractivity contribution in [3.05, 3.63) is 48.2 Å². The van der Waals surface area contributed by atoms with E-state index in [9.17, 15) is 0 Å². The van der Waals surface area contributed by atoms with Gasteiger partial charge in [0.25, 0.3) is 0 Å². The molecule has 21 heavy (non-hydrogen) atoms. The van der Waals surface area contributed by atoms with Gasteiger partial charge in [0.2, 0.25) is 0 Å². The maximum absolute atomic E-state index is 6.03. The van der Waals surface area contributed by atoms with Crippen LogP contribution in [0.15, 0.2) is 42.6 Å². The molecule has 1 aliphatic rings. The molecular weight excluding hydrogens is 262 g/mol. The first kappa shape index (κ1) is 13.7. The van der Waals surface area contributed by atoms with Gasteiger partial charge in [-0.05, 0) is 55.5 Å². The minimum absolute atomic E-state index is 0.391. The normalized spacial score (nSPS) is 15.0. The highest BCUT2D eigenvalue weighted by atomic mass is 16.5. The number of ether oxygens (including phenoxy) is 1. The molecule has 1 aromatic carbocycles. The lowest BCUT2D eigenvalue weighted by Crippen LogP contribution is -2.11. The number of anilines is 2. The quantitative estimate of drug-likeness (QED) is 0.880. The van der Waals surface area contributed by atoms with E-state index in [2.05, 4.69) is 22.4 Å². The van der Waals surface area contributed by atoms with Gasteiger partial charge in [0.1, 0.15) is 11.6 Å². The fraction of sp³-hybridized carbons (Fsp3) is 0.353. The van der Waals surface area contributed by atoms with Gasteiger partial charge in [-0.25, -0.2) is 4.98 Å². The zero-order valence-electron chi connectivity index (χ0n) is 12.1. The summed E-state index contributed by atoms with van der Waals surface area (Å²) in [7, 11) is 0. The lowest BCUT2D eigenvalue weighted by atomic mass is 10.2. The van der Waals surface area contributed by atoms with Crippen LogP contribution in [0.4, 0.5) is 11.5 Å². The highest BCUT2D eigenvalue weighted by Crippen LogP contribution is 2.25. The summed E-state index contributed by atoms with van der Waals surface area (Å²) >= 11 is 0. The van der Waals surface area contributed by atoms with Crippen LogP contribution in [-0.4, -0.2) is 11.1 Å². The molecular formula is C17H21N3O. The zero-order chi connectivity index (χ0) is 14.5. The first-order valence-corrected chi connectivity index (χ1v) is 7.51. The van der Waals surface area contributed by atoms with Crippen molar-refractivity contribution in [2.45, 2.75) is 38.3 Å². The molecule has 0 spiro atoms. The van der Waals surface area contributed by atoms with Crippen molar-refractivity contribution in [3.8, 4) is 5.75 Å². The molecule has 4 nitrogen and oxygen atoms in total. The molecule has 0 bridgehead atoms. The summed E-state index contributed by atoms with van der Waals surface area (Å²) < 4.78 is 6.03. The van der Waals surface area contributed by atoms with E-state index in [1.807, 2.05) is 24.3 Å². The van der Waals surface area contributed by atoms with Crippen molar-refractivity contribution in [1.29, 1.82) is 0 Å². The van der Waals surface area contributed by atoms with E-state index in [1.54, 1.807) is 6.20 Å². The average molecular weight is 283 g/mol. The summed E-state index contributed by atoms with van der Waals surface area (Å²) in [6, 6.07) is 12.0. The summed E-state index contributed by atoms with van der Waals surface area (Å²) in [6.07, 6.45) is 7.00. The van der Waals surface area contributed by atoms with Gasteiger partial charge >= 0.3 is 0 Å². The Kier molecular flexibility index (Phi) is 4.24. The van der Waals surface area contributed by atoms with Gasteiger partial charge in [0.05, 0.1) is 11.8 Å². The molecule has 1 saturated carbocycles. The number of nitrogens with zero attached hydrogens (tertiary/aromatic N) is 1. The maximum Gasteiger partial charge on any atom is 0.146 e. The van der Waals surface area contributed by atoms with E-state index in [-0.39, 0.29) is 0 Å². The Labute approximate surface area is 125 Å². The number of hydrogen-bond donors (Lipinski definition) is 2. The molecule has 0 amide bonds. The van der Waals surface area contributed by atoms with Crippen LogP contribution in [0.3, 0.4) is 0 Å². The highest BCUT2D eigenvalue weighted by Gasteiger charge is 2.16. The molecule has 2 aromatic rings. The number of nitrogens with two attached hydrogens (primary N) is 1. The summed E-state index contributed by atoms with van der Waals surface area (Å²) in [5, 5.41) is 3.31. The Bertz CT molecular complexity index is 594. The zero-order valence-corrected chi connectivity index (χ0v) is 12.1. The van der Waals surface area contributed by atoms with Crippen LogP contribution in [0.2, 0.25) is 0 Å². The minimum atomic E-state index is 0.391. The van der Waals surface area contributed by atoms with Crippen molar-refractivity contribution in [2.24, 2.45) is 0 Å². The van der Waals surface area contributed by atoms with Gasteiger partial charge < -0.3 is 15.8 Å². The molecule has 0 atom stereocenters. The Morgan fingerprint density at radius 1 is 1.19 bits per heavy atom. The standard InChI is InChI=1S/C17H21N3O/c18-17-16(9-4-10-19-17)20-12-13-5-3-8-15(11-13)21-14-6-1-2-7-14/h3-5,8-11,14,20H,1-2,6-7,12H2,(H2,18,19). The third-order valence-electron chi connectivity index (χ3n) is 3.82. The Morgan fingerprint density at radius 2 is 2.05 bits per heavy atom. The molecule has 3 rings (SSSR count). The van der Waals surface area contributed by atoms with E-state index < -0.39 is 0 Å². The molecule has 0 aliphatic heterocycles. The van der Waals surface area contributed by atoms with Crippen molar-refractivity contribution in [3.63, 3.8) is 0 Å². The Balaban J connectivity index is 1.61. The summed E-state index contributed by atoms with van der Waals surface area (Å²) in [5.74, 6) is 1.48. The van der Waals surface area contributed by atoms with Crippen LogP contribution in [-0.2, 0) is 6.54 Å². The second-order valence-corrected chi connectivity index (χ2v) is 5.46. The van der Waals surface area contributed by atoms with Crippen LogP contribution in [0.1, 0.15) is 31.2 Å². The van der Waals surface area contributed by atoms with Crippen molar-refractivity contribution in [1.82, 2.24) is 4.98 Å². The molecule has 1 aliphatic carbocycles. The molecule has 0 radical (unpaired) electrons. The molecule has 1 fully saturated rings. The van der Waals surface area contributed by atoms with Gasteiger partial charge in [-0.2, -0.15) is 0 Å². The number of hydrogen-bond acceptors (Lipinski definition) is 4. The number of nitrogens with one attached hydrogen (secondary N) is 1. The topological polar surface area (TPSA) is 60.2 Å². The lowest BCUT2D eigenvalue weighted by Gasteiger charge is -2.14. The second-order valence-electron chi connectivity index (χ2n) is 5.46. The first-order valence-electron chi connectivity index (χ1n) is 7.51. The lowest BCUT2D eigenvalue weighted by molar-refractivity contribution is 0.210. The third-order valence-corrected chi connectivity index (χ3v) is 3.82.